The Morgan fingerprint density at radius 3 is 2.58 bits per heavy atom. The highest BCUT2D eigenvalue weighted by atomic mass is 16.4. The minimum atomic E-state index is -0.779. The molecule has 0 saturated carbocycles. The van der Waals surface area contributed by atoms with Crippen LogP contribution in [0.4, 0.5) is 5.82 Å². The van der Waals surface area contributed by atoms with Crippen LogP contribution < -0.4 is 4.90 Å². The lowest BCUT2D eigenvalue weighted by Crippen LogP contribution is -2.45. The quantitative estimate of drug-likeness (QED) is 0.843. The minimum absolute atomic E-state index is 0.570. The molecule has 0 spiro atoms. The van der Waals surface area contributed by atoms with Crippen molar-refractivity contribution in [3.8, 4) is 0 Å². The molecular formula is C14H19N3O2. The number of hydrogen-bond acceptors (Lipinski definition) is 4. The maximum Gasteiger partial charge on any atom is 0.313 e. The molecule has 5 heteroatoms. The number of piperidine rings is 1. The summed E-state index contributed by atoms with van der Waals surface area (Å²) in [6.45, 7) is 8.87. The first-order chi connectivity index (χ1) is 8.95. The van der Waals surface area contributed by atoms with E-state index in [4.69, 9.17) is 0 Å². The second-order valence-electron chi connectivity index (χ2n) is 5.12. The Kier molecular flexibility index (Phi) is 3.55. The van der Waals surface area contributed by atoms with Gasteiger partial charge in [-0.2, -0.15) is 0 Å². The monoisotopic (exact) mass is 261 g/mol. The van der Waals surface area contributed by atoms with E-state index >= 15 is 0 Å². The molecular weight excluding hydrogens is 242 g/mol. The summed E-state index contributed by atoms with van der Waals surface area (Å²) >= 11 is 0. The molecule has 0 bridgehead atoms. The molecule has 1 aromatic rings. The van der Waals surface area contributed by atoms with Crippen molar-refractivity contribution in [2.24, 2.45) is 5.41 Å². The Morgan fingerprint density at radius 1 is 1.47 bits per heavy atom. The molecule has 0 aliphatic carbocycles. The first-order valence-corrected chi connectivity index (χ1v) is 6.40. The van der Waals surface area contributed by atoms with E-state index < -0.39 is 11.4 Å². The summed E-state index contributed by atoms with van der Waals surface area (Å²) in [7, 11) is 0. The van der Waals surface area contributed by atoms with Crippen LogP contribution in [0, 0.1) is 12.3 Å². The van der Waals surface area contributed by atoms with E-state index in [2.05, 4.69) is 21.4 Å². The first-order valence-electron chi connectivity index (χ1n) is 6.40. The van der Waals surface area contributed by atoms with Gasteiger partial charge in [0.15, 0.2) is 0 Å². The van der Waals surface area contributed by atoms with Crippen LogP contribution in [0.1, 0.15) is 25.6 Å². The van der Waals surface area contributed by atoms with E-state index in [1.165, 1.54) is 0 Å². The van der Waals surface area contributed by atoms with Crippen molar-refractivity contribution in [1.29, 1.82) is 0 Å². The second kappa shape index (κ2) is 4.99. The Bertz CT molecular complexity index is 489. The van der Waals surface area contributed by atoms with Crippen LogP contribution in [0.3, 0.4) is 0 Å². The highest BCUT2D eigenvalue weighted by molar-refractivity contribution is 5.78. The minimum Gasteiger partial charge on any atom is -0.481 e. The number of aliphatic carboxylic acids is 1. The van der Waals surface area contributed by atoms with E-state index in [-0.39, 0.29) is 0 Å². The Hall–Kier alpha value is -1.91. The lowest BCUT2D eigenvalue weighted by Gasteiger charge is -2.39. The number of aromatic nitrogens is 2. The van der Waals surface area contributed by atoms with Gasteiger partial charge >= 0.3 is 5.97 Å². The van der Waals surface area contributed by atoms with Crippen molar-refractivity contribution >= 4 is 11.8 Å². The topological polar surface area (TPSA) is 66.3 Å². The molecule has 0 unspecified atom stereocenters. The van der Waals surface area contributed by atoms with Gasteiger partial charge in [-0.15, -0.1) is 0 Å². The number of carboxylic acids is 1. The molecule has 2 heterocycles. The molecule has 0 amide bonds. The fourth-order valence-electron chi connectivity index (χ4n) is 2.56. The summed E-state index contributed by atoms with van der Waals surface area (Å²) in [5.41, 5.74) is -0.0445. The van der Waals surface area contributed by atoms with E-state index in [1.54, 1.807) is 13.1 Å². The number of rotatable bonds is 3. The molecule has 1 N–H and O–H groups in total. The van der Waals surface area contributed by atoms with Crippen molar-refractivity contribution in [2.45, 2.75) is 26.7 Å². The van der Waals surface area contributed by atoms with Gasteiger partial charge in [0, 0.05) is 19.3 Å². The van der Waals surface area contributed by atoms with Crippen LogP contribution in [-0.2, 0) is 4.79 Å². The SMILES string of the molecule is C=C(C)C1(C(=O)O)CCN(c2ccnc(C)n2)CC1. The third-order valence-electron chi connectivity index (χ3n) is 3.93. The van der Waals surface area contributed by atoms with Gasteiger partial charge in [-0.05, 0) is 32.8 Å². The molecule has 5 nitrogen and oxygen atoms in total. The lowest BCUT2D eigenvalue weighted by atomic mass is 9.73. The zero-order chi connectivity index (χ0) is 14.0. The molecule has 1 fully saturated rings. The molecule has 0 atom stereocenters. The van der Waals surface area contributed by atoms with Crippen molar-refractivity contribution in [1.82, 2.24) is 9.97 Å². The molecule has 1 saturated heterocycles. The zero-order valence-corrected chi connectivity index (χ0v) is 11.4. The highest BCUT2D eigenvalue weighted by Crippen LogP contribution is 2.38. The van der Waals surface area contributed by atoms with Crippen molar-refractivity contribution in [3.63, 3.8) is 0 Å². The summed E-state index contributed by atoms with van der Waals surface area (Å²) in [6.07, 6.45) is 2.87. The van der Waals surface area contributed by atoms with Crippen molar-refractivity contribution < 1.29 is 9.90 Å². The van der Waals surface area contributed by atoms with Crippen LogP contribution in [0.25, 0.3) is 0 Å². The van der Waals surface area contributed by atoms with Gasteiger partial charge in [0.25, 0.3) is 0 Å². The van der Waals surface area contributed by atoms with Gasteiger partial charge in [0.2, 0.25) is 0 Å². The number of aryl methyl sites for hydroxylation is 1. The highest BCUT2D eigenvalue weighted by Gasteiger charge is 2.42. The summed E-state index contributed by atoms with van der Waals surface area (Å²) in [5.74, 6) is 0.833. The van der Waals surface area contributed by atoms with Crippen LogP contribution in [0.2, 0.25) is 0 Å². The fourth-order valence-corrected chi connectivity index (χ4v) is 2.56. The Labute approximate surface area is 113 Å². The number of carbonyl (C=O) groups is 1. The van der Waals surface area contributed by atoms with E-state index in [0.717, 1.165) is 17.2 Å². The molecule has 102 valence electrons. The van der Waals surface area contributed by atoms with Gasteiger partial charge in [-0.3, -0.25) is 4.79 Å². The van der Waals surface area contributed by atoms with Crippen molar-refractivity contribution in [2.75, 3.05) is 18.0 Å². The molecule has 19 heavy (non-hydrogen) atoms. The predicted molar refractivity (Wildman–Crippen MR) is 73.1 cm³/mol. The maximum atomic E-state index is 11.5. The lowest BCUT2D eigenvalue weighted by molar-refractivity contribution is -0.147. The normalized spacial score (nSPS) is 18.1. The van der Waals surface area contributed by atoms with Gasteiger partial charge in [0.1, 0.15) is 11.6 Å². The third kappa shape index (κ3) is 2.45. The smallest absolute Gasteiger partial charge is 0.313 e. The predicted octanol–water partition coefficient (Wildman–Crippen LogP) is 2.03. The van der Waals surface area contributed by atoms with Gasteiger partial charge < -0.3 is 10.0 Å². The van der Waals surface area contributed by atoms with Gasteiger partial charge in [-0.25, -0.2) is 9.97 Å². The van der Waals surface area contributed by atoms with E-state index in [9.17, 15) is 9.90 Å². The summed E-state index contributed by atoms with van der Waals surface area (Å²) < 4.78 is 0. The van der Waals surface area contributed by atoms with Gasteiger partial charge in [0.05, 0.1) is 5.41 Å². The van der Waals surface area contributed by atoms with Gasteiger partial charge in [-0.1, -0.05) is 12.2 Å². The summed E-state index contributed by atoms with van der Waals surface area (Å²) in [5, 5.41) is 9.46. The largest absolute Gasteiger partial charge is 0.481 e. The third-order valence-corrected chi connectivity index (χ3v) is 3.93. The number of anilines is 1. The number of hydrogen-bond donors (Lipinski definition) is 1. The summed E-state index contributed by atoms with van der Waals surface area (Å²) in [6, 6.07) is 1.86. The molecule has 1 aromatic heterocycles. The molecule has 1 aliphatic heterocycles. The standard InChI is InChI=1S/C14H19N3O2/c1-10(2)14(13(18)19)5-8-17(9-6-14)12-4-7-15-11(3)16-12/h4,7H,1,5-6,8-9H2,2-3H3,(H,18,19). The molecule has 0 aromatic carbocycles. The average Bonchev–Trinajstić information content (AvgIpc) is 2.38. The van der Waals surface area contributed by atoms with E-state index in [1.807, 2.05) is 13.0 Å². The second-order valence-corrected chi connectivity index (χ2v) is 5.12. The fraction of sp³-hybridized carbons (Fsp3) is 0.500. The Balaban J connectivity index is 2.14. The number of carboxylic acid groups (broad SMARTS) is 1. The maximum absolute atomic E-state index is 11.5. The van der Waals surface area contributed by atoms with Crippen molar-refractivity contribution in [3.05, 3.63) is 30.2 Å². The first kappa shape index (κ1) is 13.5. The van der Waals surface area contributed by atoms with Crippen LogP contribution in [0.5, 0.6) is 0 Å². The molecule has 0 radical (unpaired) electrons. The number of nitrogens with zero attached hydrogens (tertiary/aromatic N) is 3. The Morgan fingerprint density at radius 2 is 2.11 bits per heavy atom. The summed E-state index contributed by atoms with van der Waals surface area (Å²) in [4.78, 5) is 22.1. The van der Waals surface area contributed by atoms with Crippen LogP contribution in [0.15, 0.2) is 24.4 Å². The van der Waals surface area contributed by atoms with E-state index in [0.29, 0.717) is 25.9 Å². The average molecular weight is 261 g/mol. The van der Waals surface area contributed by atoms with Crippen LogP contribution in [-0.4, -0.2) is 34.1 Å². The molecule has 1 aliphatic rings. The zero-order valence-electron chi connectivity index (χ0n) is 11.4. The molecule has 2 rings (SSSR count). The van der Waals surface area contributed by atoms with Crippen LogP contribution >= 0.6 is 0 Å².